The van der Waals surface area contributed by atoms with Crippen LogP contribution in [-0.4, -0.2) is 11.0 Å². The van der Waals surface area contributed by atoms with E-state index in [4.69, 9.17) is 4.98 Å². The van der Waals surface area contributed by atoms with Gasteiger partial charge in [-0.3, -0.25) is 0 Å². The number of fused-ring (bicyclic) bond motifs is 1. The minimum absolute atomic E-state index is 0.484. The summed E-state index contributed by atoms with van der Waals surface area (Å²) < 4.78 is 0. The third kappa shape index (κ3) is 3.41. The van der Waals surface area contributed by atoms with Crippen molar-refractivity contribution in [2.75, 3.05) is 5.32 Å². The summed E-state index contributed by atoms with van der Waals surface area (Å²) in [6, 6.07) is 2.96. The molecule has 1 heterocycles. The maximum Gasteiger partial charge on any atom is 0.129 e. The maximum atomic E-state index is 4.94. The molecule has 2 heteroatoms. The number of hydrogen-bond donors (Lipinski definition) is 1. The SMILES string of the molecule is CCc1cc2c(c(NC3CCCC(C)(C)C3)n1)CCCC2. The topological polar surface area (TPSA) is 24.9 Å². The largest absolute Gasteiger partial charge is 0.367 e. The van der Waals surface area contributed by atoms with Crippen molar-refractivity contribution in [3.8, 4) is 0 Å². The van der Waals surface area contributed by atoms with Crippen LogP contribution >= 0.6 is 0 Å². The Morgan fingerprint density at radius 1 is 1.24 bits per heavy atom. The van der Waals surface area contributed by atoms with E-state index in [1.807, 2.05) is 0 Å². The predicted octanol–water partition coefficient (Wildman–Crippen LogP) is 4.90. The zero-order chi connectivity index (χ0) is 14.9. The average Bonchev–Trinajstić information content (AvgIpc) is 2.46. The second-order valence-corrected chi connectivity index (χ2v) is 7.76. The first-order chi connectivity index (χ1) is 10.1. The summed E-state index contributed by atoms with van der Waals surface area (Å²) in [4.78, 5) is 4.94. The van der Waals surface area contributed by atoms with Crippen LogP contribution in [0.4, 0.5) is 5.82 Å². The fourth-order valence-corrected chi connectivity index (χ4v) is 4.12. The Hall–Kier alpha value is -1.05. The summed E-state index contributed by atoms with van der Waals surface area (Å²) in [5, 5.41) is 3.83. The molecule has 1 aromatic rings. The van der Waals surface area contributed by atoms with E-state index in [0.717, 1.165) is 6.42 Å². The van der Waals surface area contributed by atoms with Gasteiger partial charge in [-0.2, -0.15) is 0 Å². The van der Waals surface area contributed by atoms with Gasteiger partial charge in [0.05, 0.1) is 0 Å². The molecular weight excluding hydrogens is 256 g/mol. The molecule has 0 spiro atoms. The van der Waals surface area contributed by atoms with Crippen molar-refractivity contribution < 1.29 is 0 Å². The van der Waals surface area contributed by atoms with Gasteiger partial charge in [0, 0.05) is 11.7 Å². The summed E-state index contributed by atoms with van der Waals surface area (Å²) in [5.41, 5.74) is 4.82. The highest BCUT2D eigenvalue weighted by molar-refractivity contribution is 5.51. The van der Waals surface area contributed by atoms with E-state index in [1.165, 1.54) is 68.4 Å². The van der Waals surface area contributed by atoms with Crippen LogP contribution < -0.4 is 5.32 Å². The van der Waals surface area contributed by atoms with E-state index in [9.17, 15) is 0 Å². The molecular formula is C19H30N2. The molecule has 3 rings (SSSR count). The van der Waals surface area contributed by atoms with Crippen LogP contribution in [-0.2, 0) is 19.3 Å². The van der Waals surface area contributed by atoms with Crippen LogP contribution in [0.3, 0.4) is 0 Å². The Morgan fingerprint density at radius 3 is 2.81 bits per heavy atom. The van der Waals surface area contributed by atoms with Gasteiger partial charge in [0.15, 0.2) is 0 Å². The molecule has 0 radical (unpaired) electrons. The first-order valence-corrected chi connectivity index (χ1v) is 8.85. The molecule has 1 unspecified atom stereocenters. The van der Waals surface area contributed by atoms with Crippen molar-refractivity contribution in [3.05, 3.63) is 22.9 Å². The summed E-state index contributed by atoms with van der Waals surface area (Å²) in [7, 11) is 0. The number of rotatable bonds is 3. The van der Waals surface area contributed by atoms with Crippen LogP contribution in [0.15, 0.2) is 6.07 Å². The van der Waals surface area contributed by atoms with Crippen molar-refractivity contribution in [3.63, 3.8) is 0 Å². The van der Waals surface area contributed by atoms with Crippen molar-refractivity contribution in [2.24, 2.45) is 5.41 Å². The van der Waals surface area contributed by atoms with E-state index in [2.05, 4.69) is 32.2 Å². The lowest BCUT2D eigenvalue weighted by molar-refractivity contribution is 0.229. The third-order valence-corrected chi connectivity index (χ3v) is 5.30. The molecule has 2 aliphatic rings. The van der Waals surface area contributed by atoms with Gasteiger partial charge in [-0.15, -0.1) is 0 Å². The standard InChI is InChI=1S/C19H30N2/c1-4-15-12-14-8-5-6-10-17(14)18(20-15)21-16-9-7-11-19(2,3)13-16/h12,16H,4-11,13H2,1-3H3,(H,20,21). The Labute approximate surface area is 129 Å². The molecule has 2 aliphatic carbocycles. The summed E-state index contributed by atoms with van der Waals surface area (Å²) in [5.74, 6) is 1.21. The molecule has 1 saturated carbocycles. The molecule has 2 nitrogen and oxygen atoms in total. The normalized spacial score (nSPS) is 24.4. The lowest BCUT2D eigenvalue weighted by Gasteiger charge is -2.36. The molecule has 0 bridgehead atoms. The Balaban J connectivity index is 1.84. The average molecular weight is 286 g/mol. The quantitative estimate of drug-likeness (QED) is 0.854. The van der Waals surface area contributed by atoms with E-state index in [-0.39, 0.29) is 0 Å². The van der Waals surface area contributed by atoms with Gasteiger partial charge in [0.25, 0.3) is 0 Å². The van der Waals surface area contributed by atoms with Crippen molar-refractivity contribution in [2.45, 2.75) is 84.6 Å². The molecule has 0 aromatic carbocycles. The predicted molar refractivity (Wildman–Crippen MR) is 89.9 cm³/mol. The van der Waals surface area contributed by atoms with E-state index in [0.29, 0.717) is 11.5 Å². The molecule has 0 saturated heterocycles. The fraction of sp³-hybridized carbons (Fsp3) is 0.737. The highest BCUT2D eigenvalue weighted by atomic mass is 15.0. The second kappa shape index (κ2) is 5.98. The Bertz CT molecular complexity index is 505. The van der Waals surface area contributed by atoms with Gasteiger partial charge < -0.3 is 5.32 Å². The number of aromatic nitrogens is 1. The fourth-order valence-electron chi connectivity index (χ4n) is 4.12. The molecule has 0 aliphatic heterocycles. The monoisotopic (exact) mass is 286 g/mol. The maximum absolute atomic E-state index is 4.94. The first kappa shape index (κ1) is 14.9. The van der Waals surface area contributed by atoms with Crippen LogP contribution in [0.25, 0.3) is 0 Å². The molecule has 0 amide bonds. The minimum atomic E-state index is 0.484. The number of aryl methyl sites for hydroxylation is 2. The molecule has 116 valence electrons. The number of pyridine rings is 1. The molecule has 1 aromatic heterocycles. The van der Waals surface area contributed by atoms with Gasteiger partial charge in [0.2, 0.25) is 0 Å². The minimum Gasteiger partial charge on any atom is -0.367 e. The Morgan fingerprint density at radius 2 is 2.05 bits per heavy atom. The summed E-state index contributed by atoms with van der Waals surface area (Å²) >= 11 is 0. The zero-order valence-corrected chi connectivity index (χ0v) is 14.0. The van der Waals surface area contributed by atoms with Crippen molar-refractivity contribution >= 4 is 5.82 Å². The van der Waals surface area contributed by atoms with Crippen LogP contribution in [0.5, 0.6) is 0 Å². The number of nitrogens with zero attached hydrogens (tertiary/aromatic N) is 1. The van der Waals surface area contributed by atoms with Gasteiger partial charge >= 0.3 is 0 Å². The van der Waals surface area contributed by atoms with Crippen molar-refractivity contribution in [1.29, 1.82) is 0 Å². The summed E-state index contributed by atoms with van der Waals surface area (Å²) in [6.45, 7) is 7.03. The van der Waals surface area contributed by atoms with E-state index >= 15 is 0 Å². The van der Waals surface area contributed by atoms with Crippen LogP contribution in [0.1, 0.15) is 76.1 Å². The van der Waals surface area contributed by atoms with Gasteiger partial charge in [0.1, 0.15) is 5.82 Å². The molecule has 1 atom stereocenters. The zero-order valence-electron chi connectivity index (χ0n) is 14.0. The summed E-state index contributed by atoms with van der Waals surface area (Å²) in [6.07, 6.45) is 11.5. The lowest BCUT2D eigenvalue weighted by Crippen LogP contribution is -2.32. The van der Waals surface area contributed by atoms with Crippen molar-refractivity contribution in [1.82, 2.24) is 4.98 Å². The lowest BCUT2D eigenvalue weighted by atomic mass is 9.75. The molecule has 1 N–H and O–H groups in total. The van der Waals surface area contributed by atoms with Gasteiger partial charge in [-0.1, -0.05) is 27.2 Å². The highest BCUT2D eigenvalue weighted by Gasteiger charge is 2.29. The van der Waals surface area contributed by atoms with Gasteiger partial charge in [-0.05, 0) is 74.0 Å². The molecule has 1 fully saturated rings. The van der Waals surface area contributed by atoms with E-state index in [1.54, 1.807) is 5.56 Å². The third-order valence-electron chi connectivity index (χ3n) is 5.30. The number of anilines is 1. The molecule has 21 heavy (non-hydrogen) atoms. The number of nitrogens with one attached hydrogen (secondary N) is 1. The van der Waals surface area contributed by atoms with E-state index < -0.39 is 0 Å². The van der Waals surface area contributed by atoms with Crippen LogP contribution in [0.2, 0.25) is 0 Å². The highest BCUT2D eigenvalue weighted by Crippen LogP contribution is 2.37. The number of hydrogen-bond acceptors (Lipinski definition) is 2. The van der Waals surface area contributed by atoms with Crippen LogP contribution in [0, 0.1) is 5.41 Å². The Kier molecular flexibility index (Phi) is 4.24. The smallest absolute Gasteiger partial charge is 0.129 e. The first-order valence-electron chi connectivity index (χ1n) is 8.85. The van der Waals surface area contributed by atoms with Gasteiger partial charge in [-0.25, -0.2) is 4.98 Å². The second-order valence-electron chi connectivity index (χ2n) is 7.76.